The lowest BCUT2D eigenvalue weighted by molar-refractivity contribution is 0.563. The molecule has 72 valence electrons. The molecule has 0 aromatic heterocycles. The van der Waals surface area contributed by atoms with Gasteiger partial charge in [0.15, 0.2) is 0 Å². The third-order valence-corrected chi connectivity index (χ3v) is 3.04. The summed E-state index contributed by atoms with van der Waals surface area (Å²) in [5.74, 6) is -0.852. The molecule has 0 radical (unpaired) electrons. The molecule has 0 amide bonds. The summed E-state index contributed by atoms with van der Waals surface area (Å²) in [6.45, 7) is 0. The maximum Gasteiger partial charge on any atom is 0.245 e. The second-order valence-electron chi connectivity index (χ2n) is 2.37. The zero-order valence-electron chi connectivity index (χ0n) is 6.91. The first-order valence-corrected chi connectivity index (χ1v) is 4.95. The SMILES string of the molecule is CNS(=O)(=O)c1c(N)cccc1F. The zero-order valence-corrected chi connectivity index (χ0v) is 7.73. The van der Waals surface area contributed by atoms with Gasteiger partial charge in [-0.1, -0.05) is 6.07 Å². The summed E-state index contributed by atoms with van der Waals surface area (Å²) in [5, 5.41) is 0. The van der Waals surface area contributed by atoms with Crippen molar-refractivity contribution in [2.75, 3.05) is 12.8 Å². The van der Waals surface area contributed by atoms with Gasteiger partial charge in [0, 0.05) is 0 Å². The van der Waals surface area contributed by atoms with Crippen molar-refractivity contribution in [1.29, 1.82) is 0 Å². The fourth-order valence-corrected chi connectivity index (χ4v) is 1.82. The van der Waals surface area contributed by atoms with E-state index < -0.39 is 20.7 Å². The highest BCUT2D eigenvalue weighted by Gasteiger charge is 2.19. The molecule has 0 heterocycles. The van der Waals surface area contributed by atoms with Crippen LogP contribution in [-0.2, 0) is 10.0 Å². The van der Waals surface area contributed by atoms with Crippen molar-refractivity contribution in [3.05, 3.63) is 24.0 Å². The highest BCUT2D eigenvalue weighted by Crippen LogP contribution is 2.20. The zero-order chi connectivity index (χ0) is 10.1. The predicted octanol–water partition coefficient (Wildman–Crippen LogP) is 0.316. The van der Waals surface area contributed by atoms with Crippen LogP contribution in [0.2, 0.25) is 0 Å². The molecule has 0 aliphatic rings. The number of halogens is 1. The number of nitrogens with one attached hydrogen (secondary N) is 1. The van der Waals surface area contributed by atoms with Gasteiger partial charge in [-0.2, -0.15) is 0 Å². The summed E-state index contributed by atoms with van der Waals surface area (Å²) in [6.07, 6.45) is 0. The van der Waals surface area contributed by atoms with Crippen LogP contribution in [0.1, 0.15) is 0 Å². The Labute approximate surface area is 75.6 Å². The molecular weight excluding hydrogens is 195 g/mol. The number of nitrogens with two attached hydrogens (primary N) is 1. The quantitative estimate of drug-likeness (QED) is 0.681. The molecule has 3 N–H and O–H groups in total. The van der Waals surface area contributed by atoms with Crippen molar-refractivity contribution in [3.63, 3.8) is 0 Å². The molecule has 1 rings (SSSR count). The first-order valence-electron chi connectivity index (χ1n) is 3.46. The molecule has 0 unspecified atom stereocenters. The highest BCUT2D eigenvalue weighted by atomic mass is 32.2. The van der Waals surface area contributed by atoms with Gasteiger partial charge in [0.05, 0.1) is 5.69 Å². The number of nitrogen functional groups attached to an aromatic ring is 1. The van der Waals surface area contributed by atoms with Crippen LogP contribution in [-0.4, -0.2) is 15.5 Å². The molecule has 4 nitrogen and oxygen atoms in total. The van der Waals surface area contributed by atoms with Crippen molar-refractivity contribution in [3.8, 4) is 0 Å². The fourth-order valence-electron chi connectivity index (χ4n) is 0.911. The summed E-state index contributed by atoms with van der Waals surface area (Å²) in [6, 6.07) is 3.72. The van der Waals surface area contributed by atoms with Gasteiger partial charge in [-0.05, 0) is 19.2 Å². The van der Waals surface area contributed by atoms with Crippen LogP contribution in [0.25, 0.3) is 0 Å². The Morgan fingerprint density at radius 1 is 1.46 bits per heavy atom. The van der Waals surface area contributed by atoms with Gasteiger partial charge in [0.2, 0.25) is 10.0 Å². The maximum atomic E-state index is 13.0. The minimum Gasteiger partial charge on any atom is -0.398 e. The topological polar surface area (TPSA) is 72.2 Å². The van der Waals surface area contributed by atoms with Gasteiger partial charge < -0.3 is 5.73 Å². The third kappa shape index (κ3) is 1.78. The molecule has 6 heteroatoms. The van der Waals surface area contributed by atoms with E-state index in [0.29, 0.717) is 0 Å². The van der Waals surface area contributed by atoms with E-state index in [1.165, 1.54) is 19.2 Å². The molecule has 0 saturated carbocycles. The maximum absolute atomic E-state index is 13.0. The molecule has 0 aliphatic carbocycles. The van der Waals surface area contributed by atoms with Gasteiger partial charge in [-0.3, -0.25) is 0 Å². The number of hydrogen-bond acceptors (Lipinski definition) is 3. The van der Waals surface area contributed by atoms with E-state index in [2.05, 4.69) is 0 Å². The normalized spacial score (nSPS) is 11.5. The second-order valence-corrected chi connectivity index (χ2v) is 4.19. The van der Waals surface area contributed by atoms with E-state index in [0.717, 1.165) is 6.07 Å². The summed E-state index contributed by atoms with van der Waals surface area (Å²) in [7, 11) is -2.61. The third-order valence-electron chi connectivity index (χ3n) is 1.53. The number of benzene rings is 1. The van der Waals surface area contributed by atoms with Crippen molar-refractivity contribution < 1.29 is 12.8 Å². The van der Waals surface area contributed by atoms with Crippen molar-refractivity contribution in [2.24, 2.45) is 0 Å². The Hall–Kier alpha value is -1.14. The van der Waals surface area contributed by atoms with E-state index in [-0.39, 0.29) is 5.69 Å². The van der Waals surface area contributed by atoms with E-state index in [1.54, 1.807) is 0 Å². The molecular formula is C7H9FN2O2S. The first kappa shape index (κ1) is 9.94. The Morgan fingerprint density at radius 2 is 2.08 bits per heavy atom. The molecule has 1 aromatic rings. The number of rotatable bonds is 2. The molecule has 0 aliphatic heterocycles. The summed E-state index contributed by atoms with van der Waals surface area (Å²) < 4.78 is 37.4. The average molecular weight is 204 g/mol. The van der Waals surface area contributed by atoms with Crippen LogP contribution in [0.3, 0.4) is 0 Å². The summed E-state index contributed by atoms with van der Waals surface area (Å²) in [4.78, 5) is -0.502. The summed E-state index contributed by atoms with van der Waals surface area (Å²) in [5.41, 5.74) is 5.22. The molecule has 0 saturated heterocycles. The van der Waals surface area contributed by atoms with E-state index in [9.17, 15) is 12.8 Å². The predicted molar refractivity (Wildman–Crippen MR) is 47.1 cm³/mol. The van der Waals surface area contributed by atoms with Gasteiger partial charge in [0.1, 0.15) is 10.7 Å². The van der Waals surface area contributed by atoms with Gasteiger partial charge >= 0.3 is 0 Å². The first-order chi connectivity index (χ1) is 5.99. The fraction of sp³-hybridized carbons (Fsp3) is 0.143. The second kappa shape index (κ2) is 3.31. The van der Waals surface area contributed by atoms with Crippen LogP contribution in [0.5, 0.6) is 0 Å². The van der Waals surface area contributed by atoms with Crippen molar-refractivity contribution >= 4 is 15.7 Å². The Morgan fingerprint density at radius 3 is 2.54 bits per heavy atom. The van der Waals surface area contributed by atoms with E-state index in [1.807, 2.05) is 4.72 Å². The lowest BCUT2D eigenvalue weighted by atomic mass is 10.3. The Kier molecular flexibility index (Phi) is 2.53. The van der Waals surface area contributed by atoms with Crippen molar-refractivity contribution in [2.45, 2.75) is 4.90 Å². The lowest BCUT2D eigenvalue weighted by Gasteiger charge is -2.06. The molecule has 0 atom stereocenters. The largest absolute Gasteiger partial charge is 0.398 e. The minimum absolute atomic E-state index is 0.102. The van der Waals surface area contributed by atoms with Gasteiger partial charge in [0.25, 0.3) is 0 Å². The monoisotopic (exact) mass is 204 g/mol. The van der Waals surface area contributed by atoms with Gasteiger partial charge in [-0.15, -0.1) is 0 Å². The number of anilines is 1. The van der Waals surface area contributed by atoms with E-state index in [4.69, 9.17) is 5.73 Å². The Bertz CT molecular complexity index is 396. The molecule has 1 aromatic carbocycles. The van der Waals surface area contributed by atoms with Crippen LogP contribution in [0, 0.1) is 5.82 Å². The van der Waals surface area contributed by atoms with Crippen LogP contribution >= 0.6 is 0 Å². The van der Waals surface area contributed by atoms with Crippen LogP contribution in [0.15, 0.2) is 23.1 Å². The number of sulfonamides is 1. The van der Waals surface area contributed by atoms with Gasteiger partial charge in [-0.25, -0.2) is 17.5 Å². The molecule has 0 bridgehead atoms. The molecule has 13 heavy (non-hydrogen) atoms. The molecule has 0 spiro atoms. The van der Waals surface area contributed by atoms with E-state index >= 15 is 0 Å². The lowest BCUT2D eigenvalue weighted by Crippen LogP contribution is -2.21. The van der Waals surface area contributed by atoms with Crippen LogP contribution in [0.4, 0.5) is 10.1 Å². The molecule has 0 fully saturated rings. The Balaban J connectivity index is 3.46. The standard InChI is InChI=1S/C7H9FN2O2S/c1-10-13(11,12)7-5(8)3-2-4-6(7)9/h2-4,10H,9H2,1H3. The smallest absolute Gasteiger partial charge is 0.245 e. The highest BCUT2D eigenvalue weighted by molar-refractivity contribution is 7.89. The van der Waals surface area contributed by atoms with Crippen LogP contribution < -0.4 is 10.5 Å². The summed E-state index contributed by atoms with van der Waals surface area (Å²) >= 11 is 0. The average Bonchev–Trinajstić information content (AvgIpc) is 2.03. The minimum atomic E-state index is -3.81. The number of hydrogen-bond donors (Lipinski definition) is 2. The van der Waals surface area contributed by atoms with Crippen molar-refractivity contribution in [1.82, 2.24) is 4.72 Å².